The summed E-state index contributed by atoms with van der Waals surface area (Å²) in [5.74, 6) is 1.44. The van der Waals surface area contributed by atoms with E-state index in [0.717, 1.165) is 12.5 Å². The van der Waals surface area contributed by atoms with Crippen molar-refractivity contribution in [1.82, 2.24) is 9.97 Å². The maximum atomic E-state index is 10.9. The highest BCUT2D eigenvalue weighted by Gasteiger charge is 2.53. The number of carbonyl (C=O) groups is 1. The number of nitrogens with zero attached hydrogens (tertiary/aromatic N) is 2. The minimum absolute atomic E-state index is 0.216. The van der Waals surface area contributed by atoms with Crippen molar-refractivity contribution in [2.45, 2.75) is 25.7 Å². The van der Waals surface area contributed by atoms with Gasteiger partial charge in [0.25, 0.3) is 0 Å². The van der Waals surface area contributed by atoms with Gasteiger partial charge < -0.3 is 5.32 Å². The Morgan fingerprint density at radius 2 is 2.24 bits per heavy atom. The molecule has 1 aromatic rings. The van der Waals surface area contributed by atoms with Crippen LogP contribution in [0.1, 0.15) is 36.0 Å². The first-order valence-corrected chi connectivity index (χ1v) is 6.32. The van der Waals surface area contributed by atoms with Crippen LogP contribution in [0.15, 0.2) is 6.33 Å². The Balaban J connectivity index is 1.72. The molecule has 5 heteroatoms. The number of anilines is 1. The molecule has 2 fully saturated rings. The van der Waals surface area contributed by atoms with Crippen molar-refractivity contribution in [2.75, 3.05) is 11.9 Å². The molecule has 2 aliphatic rings. The van der Waals surface area contributed by atoms with Gasteiger partial charge in [-0.15, -0.1) is 0 Å². The Hall–Kier alpha value is -1.16. The van der Waals surface area contributed by atoms with Crippen molar-refractivity contribution in [1.29, 1.82) is 0 Å². The van der Waals surface area contributed by atoms with Gasteiger partial charge in [-0.25, -0.2) is 9.97 Å². The molecule has 0 atom stereocenters. The van der Waals surface area contributed by atoms with Crippen LogP contribution in [-0.2, 0) is 0 Å². The van der Waals surface area contributed by atoms with E-state index in [1.54, 1.807) is 0 Å². The molecule has 0 amide bonds. The summed E-state index contributed by atoms with van der Waals surface area (Å²) in [5, 5.41) is 3.48. The zero-order chi connectivity index (χ0) is 11.9. The van der Waals surface area contributed by atoms with E-state index in [4.69, 9.17) is 11.6 Å². The SMILES string of the molecule is O=Cc1c(Cl)ncnc1NCC1(C2CC2)CC1. The number of hydrogen-bond acceptors (Lipinski definition) is 4. The highest BCUT2D eigenvalue weighted by atomic mass is 35.5. The number of hydrogen-bond donors (Lipinski definition) is 1. The molecular formula is C12H14ClN3O. The van der Waals surface area contributed by atoms with Gasteiger partial charge in [0.05, 0.1) is 5.56 Å². The average Bonchev–Trinajstić information content (AvgIpc) is 3.17. The van der Waals surface area contributed by atoms with E-state index in [1.165, 1.54) is 32.0 Å². The predicted octanol–water partition coefficient (Wildman–Crippen LogP) is 2.54. The van der Waals surface area contributed by atoms with Crippen LogP contribution in [-0.4, -0.2) is 22.8 Å². The maximum Gasteiger partial charge on any atom is 0.156 e. The van der Waals surface area contributed by atoms with Gasteiger partial charge in [-0.1, -0.05) is 11.6 Å². The lowest BCUT2D eigenvalue weighted by Gasteiger charge is -2.16. The molecule has 0 radical (unpaired) electrons. The number of aldehydes is 1. The Morgan fingerprint density at radius 3 is 2.82 bits per heavy atom. The monoisotopic (exact) mass is 251 g/mol. The van der Waals surface area contributed by atoms with Crippen molar-refractivity contribution in [3.63, 3.8) is 0 Å². The zero-order valence-corrected chi connectivity index (χ0v) is 10.2. The van der Waals surface area contributed by atoms with E-state index in [9.17, 15) is 4.79 Å². The smallest absolute Gasteiger partial charge is 0.156 e. The van der Waals surface area contributed by atoms with Gasteiger partial charge in [0.2, 0.25) is 0 Å². The Bertz CT molecular complexity index is 455. The Morgan fingerprint density at radius 1 is 1.47 bits per heavy atom. The quantitative estimate of drug-likeness (QED) is 0.646. The van der Waals surface area contributed by atoms with E-state index in [0.29, 0.717) is 23.1 Å². The minimum atomic E-state index is 0.216. The molecule has 0 unspecified atom stereocenters. The van der Waals surface area contributed by atoms with E-state index in [-0.39, 0.29) is 5.15 Å². The molecule has 2 saturated carbocycles. The fourth-order valence-corrected chi connectivity index (χ4v) is 2.64. The molecule has 0 bridgehead atoms. The van der Waals surface area contributed by atoms with Gasteiger partial charge in [-0.2, -0.15) is 0 Å². The topological polar surface area (TPSA) is 54.9 Å². The summed E-state index contributed by atoms with van der Waals surface area (Å²) in [7, 11) is 0. The van der Waals surface area contributed by atoms with E-state index < -0.39 is 0 Å². The summed E-state index contributed by atoms with van der Waals surface area (Å²) in [6.45, 7) is 0.895. The average molecular weight is 252 g/mol. The normalized spacial score (nSPS) is 21.0. The molecule has 4 nitrogen and oxygen atoms in total. The standard InChI is InChI=1S/C12H14ClN3O/c13-10-9(5-17)11(16-7-15-10)14-6-12(3-4-12)8-1-2-8/h5,7-8H,1-4,6H2,(H,14,15,16). The third-order valence-corrected chi connectivity index (χ3v) is 4.20. The summed E-state index contributed by atoms with van der Waals surface area (Å²) in [4.78, 5) is 18.8. The van der Waals surface area contributed by atoms with E-state index in [2.05, 4.69) is 15.3 Å². The lowest BCUT2D eigenvalue weighted by Crippen LogP contribution is -2.19. The summed E-state index contributed by atoms with van der Waals surface area (Å²) in [6, 6.07) is 0. The van der Waals surface area contributed by atoms with Crippen molar-refractivity contribution in [3.05, 3.63) is 17.0 Å². The molecule has 17 heavy (non-hydrogen) atoms. The molecule has 2 aliphatic carbocycles. The Labute approximate surface area is 105 Å². The van der Waals surface area contributed by atoms with Crippen LogP contribution < -0.4 is 5.32 Å². The summed E-state index contributed by atoms with van der Waals surface area (Å²) in [5.41, 5.74) is 0.832. The van der Waals surface area contributed by atoms with E-state index >= 15 is 0 Å². The fraction of sp³-hybridized carbons (Fsp3) is 0.583. The van der Waals surface area contributed by atoms with Crippen LogP contribution in [0.5, 0.6) is 0 Å². The fourth-order valence-electron chi connectivity index (χ4n) is 2.46. The number of rotatable bonds is 5. The summed E-state index contributed by atoms with van der Waals surface area (Å²) >= 11 is 5.85. The highest BCUT2D eigenvalue weighted by molar-refractivity contribution is 6.32. The lowest BCUT2D eigenvalue weighted by atomic mass is 10.0. The van der Waals surface area contributed by atoms with E-state index in [1.807, 2.05) is 0 Å². The molecule has 1 aromatic heterocycles. The number of carbonyl (C=O) groups excluding carboxylic acids is 1. The minimum Gasteiger partial charge on any atom is -0.369 e. The van der Waals surface area contributed by atoms with Gasteiger partial charge in [0.15, 0.2) is 6.29 Å². The maximum absolute atomic E-state index is 10.9. The second kappa shape index (κ2) is 3.95. The van der Waals surface area contributed by atoms with Crippen LogP contribution in [0.3, 0.4) is 0 Å². The molecule has 0 spiro atoms. The van der Waals surface area contributed by atoms with Gasteiger partial charge in [-0.05, 0) is 37.0 Å². The zero-order valence-electron chi connectivity index (χ0n) is 9.45. The van der Waals surface area contributed by atoms with Crippen molar-refractivity contribution in [2.24, 2.45) is 11.3 Å². The van der Waals surface area contributed by atoms with Crippen LogP contribution in [0.4, 0.5) is 5.82 Å². The lowest BCUT2D eigenvalue weighted by molar-refractivity contribution is 0.112. The van der Waals surface area contributed by atoms with Crippen LogP contribution in [0.2, 0.25) is 5.15 Å². The first kappa shape index (κ1) is 11.0. The molecule has 1 heterocycles. The number of nitrogens with one attached hydrogen (secondary N) is 1. The highest BCUT2D eigenvalue weighted by Crippen LogP contribution is 2.61. The molecule has 0 aliphatic heterocycles. The number of aromatic nitrogens is 2. The summed E-state index contributed by atoms with van der Waals surface area (Å²) in [6.07, 6.45) is 7.38. The third kappa shape index (κ3) is 2.02. The first-order valence-electron chi connectivity index (χ1n) is 5.95. The predicted molar refractivity (Wildman–Crippen MR) is 65.3 cm³/mol. The molecule has 0 aromatic carbocycles. The first-order chi connectivity index (χ1) is 8.25. The van der Waals surface area contributed by atoms with Gasteiger partial charge in [0.1, 0.15) is 17.3 Å². The molecule has 3 rings (SSSR count). The van der Waals surface area contributed by atoms with Crippen LogP contribution >= 0.6 is 11.6 Å². The van der Waals surface area contributed by atoms with Crippen molar-refractivity contribution < 1.29 is 4.79 Å². The van der Waals surface area contributed by atoms with Crippen LogP contribution in [0.25, 0.3) is 0 Å². The van der Waals surface area contributed by atoms with Gasteiger partial charge >= 0.3 is 0 Å². The molecule has 90 valence electrons. The third-order valence-electron chi connectivity index (χ3n) is 3.90. The van der Waals surface area contributed by atoms with Gasteiger partial charge in [0, 0.05) is 6.54 Å². The molecule has 1 N–H and O–H groups in total. The summed E-state index contributed by atoms with van der Waals surface area (Å²) < 4.78 is 0. The second-order valence-electron chi connectivity index (χ2n) is 5.03. The number of halogens is 1. The van der Waals surface area contributed by atoms with Crippen LogP contribution in [0, 0.1) is 11.3 Å². The largest absolute Gasteiger partial charge is 0.369 e. The second-order valence-corrected chi connectivity index (χ2v) is 5.39. The Kier molecular flexibility index (Phi) is 2.54. The van der Waals surface area contributed by atoms with Gasteiger partial charge in [-0.3, -0.25) is 4.79 Å². The molecule has 0 saturated heterocycles. The molecular weight excluding hydrogens is 238 g/mol. The van der Waals surface area contributed by atoms with Crippen molar-refractivity contribution >= 4 is 23.7 Å². The van der Waals surface area contributed by atoms with Crippen molar-refractivity contribution in [3.8, 4) is 0 Å².